The molecule has 1 unspecified atom stereocenters. The lowest BCUT2D eigenvalue weighted by Gasteiger charge is -2.22. The number of rotatable bonds is 3. The lowest BCUT2D eigenvalue weighted by Crippen LogP contribution is -2.31. The van der Waals surface area contributed by atoms with Gasteiger partial charge in [0.1, 0.15) is 0 Å². The van der Waals surface area contributed by atoms with E-state index in [0.717, 1.165) is 19.5 Å². The number of carbonyl (C=O) groups is 2. The SMILES string of the molecule is Cc1cccc(CN2CCCC(C(=O)O)CCNC(=O)CC2)c1. The van der Waals surface area contributed by atoms with Crippen molar-refractivity contribution in [3.63, 3.8) is 0 Å². The molecule has 5 nitrogen and oxygen atoms in total. The van der Waals surface area contributed by atoms with E-state index >= 15 is 0 Å². The van der Waals surface area contributed by atoms with Crippen LogP contribution in [0.25, 0.3) is 0 Å². The van der Waals surface area contributed by atoms with Gasteiger partial charge in [-0.15, -0.1) is 0 Å². The fraction of sp³-hybridized carbons (Fsp3) is 0.556. The quantitative estimate of drug-likeness (QED) is 0.896. The minimum atomic E-state index is -0.760. The van der Waals surface area contributed by atoms with Crippen LogP contribution in [0.3, 0.4) is 0 Å². The molecular formula is C18H26N2O3. The highest BCUT2D eigenvalue weighted by atomic mass is 16.4. The average Bonchev–Trinajstić information content (AvgIpc) is 2.53. The Balaban J connectivity index is 2.00. The number of benzene rings is 1. The molecule has 1 aliphatic heterocycles. The van der Waals surface area contributed by atoms with Crippen LogP contribution < -0.4 is 5.32 Å². The van der Waals surface area contributed by atoms with Gasteiger partial charge in [-0.3, -0.25) is 14.5 Å². The van der Waals surface area contributed by atoms with E-state index in [9.17, 15) is 14.7 Å². The van der Waals surface area contributed by atoms with Crippen LogP contribution in [0.2, 0.25) is 0 Å². The normalized spacial score (nSPS) is 21.3. The highest BCUT2D eigenvalue weighted by Crippen LogP contribution is 2.15. The van der Waals surface area contributed by atoms with Crippen LogP contribution >= 0.6 is 0 Å². The number of carbonyl (C=O) groups excluding carboxylic acids is 1. The van der Waals surface area contributed by atoms with E-state index in [2.05, 4.69) is 35.3 Å². The summed E-state index contributed by atoms with van der Waals surface area (Å²) in [7, 11) is 0. The van der Waals surface area contributed by atoms with Crippen LogP contribution in [0.15, 0.2) is 24.3 Å². The molecule has 1 saturated heterocycles. The van der Waals surface area contributed by atoms with Crippen LogP contribution in [0, 0.1) is 12.8 Å². The summed E-state index contributed by atoms with van der Waals surface area (Å²) in [6.07, 6.45) is 2.48. The van der Waals surface area contributed by atoms with Crippen LogP contribution in [0.4, 0.5) is 0 Å². The zero-order valence-corrected chi connectivity index (χ0v) is 13.8. The summed E-state index contributed by atoms with van der Waals surface area (Å²) in [5, 5.41) is 12.1. The summed E-state index contributed by atoms with van der Waals surface area (Å²) in [6, 6.07) is 8.37. The number of nitrogens with zero attached hydrogens (tertiary/aromatic N) is 1. The predicted octanol–water partition coefficient (Wildman–Crippen LogP) is 2.19. The molecule has 0 aromatic heterocycles. The molecular weight excluding hydrogens is 292 g/mol. The van der Waals surface area contributed by atoms with Gasteiger partial charge in [-0.05, 0) is 38.3 Å². The van der Waals surface area contributed by atoms with Crippen molar-refractivity contribution < 1.29 is 14.7 Å². The van der Waals surface area contributed by atoms with Gasteiger partial charge in [0, 0.05) is 26.1 Å². The Morgan fingerprint density at radius 1 is 1.35 bits per heavy atom. The Labute approximate surface area is 137 Å². The number of hydrogen-bond acceptors (Lipinski definition) is 3. The summed E-state index contributed by atoms with van der Waals surface area (Å²) < 4.78 is 0. The van der Waals surface area contributed by atoms with E-state index in [1.807, 2.05) is 6.07 Å². The minimum Gasteiger partial charge on any atom is -0.481 e. The van der Waals surface area contributed by atoms with Gasteiger partial charge < -0.3 is 10.4 Å². The first-order valence-corrected chi connectivity index (χ1v) is 8.32. The molecule has 5 heteroatoms. The van der Waals surface area contributed by atoms with Crippen molar-refractivity contribution in [1.29, 1.82) is 0 Å². The standard InChI is InChI=1S/C18H26N2O3/c1-14-4-2-5-15(12-14)13-20-10-3-6-16(18(22)23)7-9-19-17(21)8-11-20/h2,4-5,12,16H,3,6-11,13H2,1H3,(H,19,21)(H,22,23). The molecule has 1 aromatic carbocycles. The first kappa shape index (κ1) is 17.5. The molecule has 1 fully saturated rings. The predicted molar refractivity (Wildman–Crippen MR) is 89.1 cm³/mol. The smallest absolute Gasteiger partial charge is 0.306 e. The van der Waals surface area contributed by atoms with Crippen molar-refractivity contribution in [1.82, 2.24) is 10.2 Å². The molecule has 1 aliphatic rings. The average molecular weight is 318 g/mol. The molecule has 1 amide bonds. The number of aliphatic carboxylic acids is 1. The second-order valence-corrected chi connectivity index (χ2v) is 6.33. The van der Waals surface area contributed by atoms with Crippen LogP contribution in [0.5, 0.6) is 0 Å². The summed E-state index contributed by atoms with van der Waals surface area (Å²) in [6.45, 7) is 4.85. The summed E-state index contributed by atoms with van der Waals surface area (Å²) in [5.74, 6) is -1.12. The number of carboxylic acids is 1. The van der Waals surface area contributed by atoms with E-state index in [4.69, 9.17) is 0 Å². The largest absolute Gasteiger partial charge is 0.481 e. The Hall–Kier alpha value is -1.88. The second kappa shape index (κ2) is 8.67. The molecule has 1 heterocycles. The minimum absolute atomic E-state index is 0.00489. The maximum Gasteiger partial charge on any atom is 0.306 e. The zero-order chi connectivity index (χ0) is 16.7. The molecule has 1 atom stereocenters. The summed E-state index contributed by atoms with van der Waals surface area (Å²) >= 11 is 0. The van der Waals surface area contributed by atoms with Crippen LogP contribution in [-0.4, -0.2) is 41.5 Å². The van der Waals surface area contributed by atoms with Gasteiger partial charge in [-0.2, -0.15) is 0 Å². The molecule has 0 radical (unpaired) electrons. The maximum absolute atomic E-state index is 11.9. The van der Waals surface area contributed by atoms with Crippen molar-refractivity contribution in [2.75, 3.05) is 19.6 Å². The molecule has 0 bridgehead atoms. The van der Waals surface area contributed by atoms with E-state index in [0.29, 0.717) is 32.4 Å². The van der Waals surface area contributed by atoms with Crippen molar-refractivity contribution >= 4 is 11.9 Å². The Morgan fingerprint density at radius 3 is 2.91 bits per heavy atom. The van der Waals surface area contributed by atoms with Gasteiger partial charge in [0.15, 0.2) is 0 Å². The molecule has 0 aliphatic carbocycles. The van der Waals surface area contributed by atoms with E-state index in [-0.39, 0.29) is 11.8 Å². The monoisotopic (exact) mass is 318 g/mol. The molecule has 23 heavy (non-hydrogen) atoms. The Kier molecular flexibility index (Phi) is 6.59. The maximum atomic E-state index is 11.9. The Morgan fingerprint density at radius 2 is 2.17 bits per heavy atom. The molecule has 0 saturated carbocycles. The van der Waals surface area contributed by atoms with Gasteiger partial charge in [0.2, 0.25) is 5.91 Å². The second-order valence-electron chi connectivity index (χ2n) is 6.33. The lowest BCUT2D eigenvalue weighted by atomic mass is 9.99. The highest BCUT2D eigenvalue weighted by molar-refractivity contribution is 5.76. The highest BCUT2D eigenvalue weighted by Gasteiger charge is 2.19. The van der Waals surface area contributed by atoms with Crippen LogP contribution in [-0.2, 0) is 16.1 Å². The van der Waals surface area contributed by atoms with Gasteiger partial charge >= 0.3 is 5.97 Å². The van der Waals surface area contributed by atoms with Gasteiger partial charge in [0.25, 0.3) is 0 Å². The molecule has 126 valence electrons. The number of amides is 1. The first-order chi connectivity index (χ1) is 11.0. The number of carboxylic acid groups (broad SMARTS) is 1. The number of hydrogen-bond donors (Lipinski definition) is 2. The molecule has 1 aromatic rings. The van der Waals surface area contributed by atoms with Crippen molar-refractivity contribution in [2.24, 2.45) is 5.92 Å². The summed E-state index contributed by atoms with van der Waals surface area (Å²) in [4.78, 5) is 25.4. The molecule has 2 N–H and O–H groups in total. The first-order valence-electron chi connectivity index (χ1n) is 8.32. The fourth-order valence-corrected chi connectivity index (χ4v) is 3.03. The van der Waals surface area contributed by atoms with Crippen molar-refractivity contribution in [3.8, 4) is 0 Å². The van der Waals surface area contributed by atoms with Crippen molar-refractivity contribution in [3.05, 3.63) is 35.4 Å². The van der Waals surface area contributed by atoms with Gasteiger partial charge in [0.05, 0.1) is 5.92 Å². The fourth-order valence-electron chi connectivity index (χ4n) is 3.03. The zero-order valence-electron chi connectivity index (χ0n) is 13.8. The Bertz CT molecular complexity index is 545. The van der Waals surface area contributed by atoms with Gasteiger partial charge in [-0.1, -0.05) is 29.8 Å². The number of nitrogens with one attached hydrogen (secondary N) is 1. The lowest BCUT2D eigenvalue weighted by molar-refractivity contribution is -0.142. The third-order valence-corrected chi connectivity index (χ3v) is 4.33. The van der Waals surface area contributed by atoms with E-state index < -0.39 is 5.97 Å². The third kappa shape index (κ3) is 6.02. The summed E-state index contributed by atoms with van der Waals surface area (Å²) in [5.41, 5.74) is 2.46. The van der Waals surface area contributed by atoms with E-state index in [1.54, 1.807) is 0 Å². The van der Waals surface area contributed by atoms with Gasteiger partial charge in [-0.25, -0.2) is 0 Å². The molecule has 2 rings (SSSR count). The van der Waals surface area contributed by atoms with E-state index in [1.165, 1.54) is 11.1 Å². The third-order valence-electron chi connectivity index (χ3n) is 4.33. The van der Waals surface area contributed by atoms with Crippen molar-refractivity contribution in [2.45, 2.75) is 39.2 Å². The van der Waals surface area contributed by atoms with Crippen LogP contribution in [0.1, 0.15) is 36.8 Å². The topological polar surface area (TPSA) is 69.6 Å². The number of aryl methyl sites for hydroxylation is 1. The molecule has 0 spiro atoms.